The minimum absolute atomic E-state index is 0.119. The molecular weight excluding hydrogens is 416 g/mol. The second kappa shape index (κ2) is 11.2. The normalized spacial score (nSPS) is 15.1. The van der Waals surface area contributed by atoms with Gasteiger partial charge in [-0.05, 0) is 64.4 Å². The van der Waals surface area contributed by atoms with Crippen LogP contribution in [0.5, 0.6) is 11.6 Å². The zero-order valence-electron chi connectivity index (χ0n) is 19.6. The molecule has 33 heavy (non-hydrogen) atoms. The number of para-hydroxylation sites is 2. The number of aromatic amines is 1. The molecular formula is C26H34N4O3. The number of nitrogens with zero attached hydrogens (tertiary/aromatic N) is 3. The molecule has 7 heteroatoms. The smallest absolute Gasteiger partial charge is 0.248 e. The maximum atomic E-state index is 11.5. The van der Waals surface area contributed by atoms with Gasteiger partial charge < -0.3 is 24.3 Å². The maximum absolute atomic E-state index is 11.5. The van der Waals surface area contributed by atoms with Gasteiger partial charge >= 0.3 is 0 Å². The van der Waals surface area contributed by atoms with E-state index in [0.717, 1.165) is 68.6 Å². The third-order valence-corrected chi connectivity index (χ3v) is 5.86. The number of fused-ring (bicyclic) bond motifs is 1. The first kappa shape index (κ1) is 23.1. The molecule has 0 radical (unpaired) electrons. The molecule has 7 nitrogen and oxygen atoms in total. The van der Waals surface area contributed by atoms with E-state index in [0.29, 0.717) is 12.5 Å². The van der Waals surface area contributed by atoms with Crippen molar-refractivity contribution in [2.75, 3.05) is 44.2 Å². The summed E-state index contributed by atoms with van der Waals surface area (Å²) in [7, 11) is 0. The summed E-state index contributed by atoms with van der Waals surface area (Å²) in [6.07, 6.45) is 5.09. The minimum Gasteiger partial charge on any atom is -0.489 e. The molecule has 176 valence electrons. The Labute approximate surface area is 195 Å². The Balaban J connectivity index is 1.21. The van der Waals surface area contributed by atoms with Crippen LogP contribution < -0.4 is 19.9 Å². The van der Waals surface area contributed by atoms with Crippen LogP contribution in [-0.2, 0) is 0 Å². The molecule has 0 amide bonds. The molecule has 1 aliphatic rings. The first-order valence-corrected chi connectivity index (χ1v) is 11.9. The second-order valence-electron chi connectivity index (χ2n) is 8.80. The summed E-state index contributed by atoms with van der Waals surface area (Å²) >= 11 is 0. The number of hydrogen-bond donors (Lipinski definition) is 1. The van der Waals surface area contributed by atoms with Crippen molar-refractivity contribution in [3.8, 4) is 11.6 Å². The molecule has 3 aromatic rings. The molecule has 1 fully saturated rings. The van der Waals surface area contributed by atoms with Gasteiger partial charge in [-0.2, -0.15) is 0 Å². The molecule has 0 unspecified atom stereocenters. The number of H-pyrrole nitrogens is 1. The van der Waals surface area contributed by atoms with Gasteiger partial charge in [0.1, 0.15) is 5.75 Å². The summed E-state index contributed by atoms with van der Waals surface area (Å²) in [5, 5.41) is 0.899. The fourth-order valence-corrected chi connectivity index (χ4v) is 4.23. The maximum Gasteiger partial charge on any atom is 0.248 e. The van der Waals surface area contributed by atoms with Crippen LogP contribution in [-0.4, -0.2) is 60.3 Å². The van der Waals surface area contributed by atoms with Crippen molar-refractivity contribution in [1.82, 2.24) is 14.9 Å². The SMILES string of the molecule is CC(C)Oc1ccccc1N1CCCN(CCCCOc2cc3[nH]c(=O)ccc3cn2)CC1. The molecule has 4 rings (SSSR count). The Hall–Kier alpha value is -3.06. The number of pyridine rings is 2. The van der Waals surface area contributed by atoms with E-state index in [4.69, 9.17) is 9.47 Å². The summed E-state index contributed by atoms with van der Waals surface area (Å²) in [6, 6.07) is 13.4. The lowest BCUT2D eigenvalue weighted by atomic mass is 10.2. The summed E-state index contributed by atoms with van der Waals surface area (Å²) in [5.41, 5.74) is 1.83. The number of hydrogen-bond acceptors (Lipinski definition) is 6. The van der Waals surface area contributed by atoms with Gasteiger partial charge in [-0.15, -0.1) is 0 Å². The lowest BCUT2D eigenvalue weighted by Crippen LogP contribution is -2.31. The van der Waals surface area contributed by atoms with E-state index in [1.54, 1.807) is 18.3 Å². The zero-order chi connectivity index (χ0) is 23.0. The highest BCUT2D eigenvalue weighted by Gasteiger charge is 2.18. The quantitative estimate of drug-likeness (QED) is 0.496. The van der Waals surface area contributed by atoms with Crippen LogP contribution in [0.4, 0.5) is 5.69 Å². The number of rotatable bonds is 9. The van der Waals surface area contributed by atoms with Crippen LogP contribution in [0.15, 0.2) is 53.5 Å². The summed E-state index contributed by atoms with van der Waals surface area (Å²) in [4.78, 5) is 23.6. The number of unbranched alkanes of at least 4 members (excludes halogenated alkanes) is 1. The zero-order valence-corrected chi connectivity index (χ0v) is 19.6. The van der Waals surface area contributed by atoms with Gasteiger partial charge in [0.05, 0.1) is 23.9 Å². The van der Waals surface area contributed by atoms with Crippen molar-refractivity contribution in [3.05, 3.63) is 59.0 Å². The van der Waals surface area contributed by atoms with Crippen LogP contribution in [0, 0.1) is 0 Å². The molecule has 1 aliphatic heterocycles. The van der Waals surface area contributed by atoms with Crippen LogP contribution >= 0.6 is 0 Å². The molecule has 0 spiro atoms. The Morgan fingerprint density at radius 1 is 1.06 bits per heavy atom. The number of anilines is 1. The Bertz CT molecular complexity index is 1100. The van der Waals surface area contributed by atoms with Crippen LogP contribution in [0.3, 0.4) is 0 Å². The highest BCUT2D eigenvalue weighted by molar-refractivity contribution is 5.77. The first-order valence-electron chi connectivity index (χ1n) is 11.9. The van der Waals surface area contributed by atoms with Crippen molar-refractivity contribution in [2.45, 2.75) is 39.2 Å². The Morgan fingerprint density at radius 2 is 1.94 bits per heavy atom. The van der Waals surface area contributed by atoms with Gasteiger partial charge in [0.15, 0.2) is 0 Å². The van der Waals surface area contributed by atoms with Gasteiger partial charge in [0.25, 0.3) is 0 Å². The Kier molecular flexibility index (Phi) is 7.83. The average molecular weight is 451 g/mol. The van der Waals surface area contributed by atoms with Crippen molar-refractivity contribution < 1.29 is 9.47 Å². The summed E-state index contributed by atoms with van der Waals surface area (Å²) < 4.78 is 11.8. The third-order valence-electron chi connectivity index (χ3n) is 5.86. The summed E-state index contributed by atoms with van der Waals surface area (Å²) in [5.74, 6) is 1.53. The molecule has 1 saturated heterocycles. The van der Waals surface area contributed by atoms with E-state index in [1.807, 2.05) is 6.07 Å². The van der Waals surface area contributed by atoms with Crippen LogP contribution in [0.2, 0.25) is 0 Å². The number of benzene rings is 1. The van der Waals surface area contributed by atoms with Crippen molar-refractivity contribution in [3.63, 3.8) is 0 Å². The van der Waals surface area contributed by atoms with Gasteiger partial charge in [-0.3, -0.25) is 4.79 Å². The monoisotopic (exact) mass is 450 g/mol. The predicted molar refractivity (Wildman–Crippen MR) is 133 cm³/mol. The van der Waals surface area contributed by atoms with E-state index in [-0.39, 0.29) is 11.7 Å². The number of ether oxygens (including phenoxy) is 2. The lowest BCUT2D eigenvalue weighted by Gasteiger charge is -2.26. The Morgan fingerprint density at radius 3 is 2.82 bits per heavy atom. The first-order chi connectivity index (χ1) is 16.1. The van der Waals surface area contributed by atoms with E-state index < -0.39 is 0 Å². The van der Waals surface area contributed by atoms with E-state index >= 15 is 0 Å². The van der Waals surface area contributed by atoms with Gasteiger partial charge in [0, 0.05) is 43.4 Å². The molecule has 0 aliphatic carbocycles. The molecule has 0 bridgehead atoms. The topological polar surface area (TPSA) is 70.7 Å². The fraction of sp³-hybridized carbons (Fsp3) is 0.462. The lowest BCUT2D eigenvalue weighted by molar-refractivity contribution is 0.242. The van der Waals surface area contributed by atoms with Crippen molar-refractivity contribution >= 4 is 16.6 Å². The molecule has 0 saturated carbocycles. The van der Waals surface area contributed by atoms with Crippen molar-refractivity contribution in [1.29, 1.82) is 0 Å². The average Bonchev–Trinajstić information content (AvgIpc) is 3.04. The molecule has 0 atom stereocenters. The van der Waals surface area contributed by atoms with Gasteiger partial charge in [-0.25, -0.2) is 4.98 Å². The molecule has 2 aromatic heterocycles. The number of aromatic nitrogens is 2. The molecule has 1 aromatic carbocycles. The van der Waals surface area contributed by atoms with E-state index in [2.05, 4.69) is 51.8 Å². The predicted octanol–water partition coefficient (Wildman–Crippen LogP) is 4.08. The van der Waals surface area contributed by atoms with Crippen LogP contribution in [0.1, 0.15) is 33.1 Å². The van der Waals surface area contributed by atoms with Gasteiger partial charge in [0.2, 0.25) is 11.4 Å². The standard InChI is InChI=1S/C26H34N4O3/c1-20(2)33-24-9-4-3-8-23(24)30-14-7-13-29(15-16-30)12-5-6-17-32-26-18-22-21(19-27-26)10-11-25(31)28-22/h3-4,8-11,18-20H,5-7,12-17H2,1-2H3,(H,28,31). The minimum atomic E-state index is -0.119. The van der Waals surface area contributed by atoms with E-state index in [1.165, 1.54) is 11.8 Å². The molecule has 3 heterocycles. The highest BCUT2D eigenvalue weighted by Crippen LogP contribution is 2.29. The fourth-order valence-electron chi connectivity index (χ4n) is 4.23. The van der Waals surface area contributed by atoms with Crippen molar-refractivity contribution in [2.24, 2.45) is 0 Å². The van der Waals surface area contributed by atoms with Gasteiger partial charge in [-0.1, -0.05) is 12.1 Å². The second-order valence-corrected chi connectivity index (χ2v) is 8.80. The number of nitrogens with one attached hydrogen (secondary N) is 1. The van der Waals surface area contributed by atoms with E-state index in [9.17, 15) is 4.79 Å². The van der Waals surface area contributed by atoms with Crippen LogP contribution in [0.25, 0.3) is 10.9 Å². The molecule has 1 N–H and O–H groups in total. The largest absolute Gasteiger partial charge is 0.489 e. The highest BCUT2D eigenvalue weighted by atomic mass is 16.5. The third kappa shape index (κ3) is 6.48. The summed E-state index contributed by atoms with van der Waals surface area (Å²) in [6.45, 7) is 10.1.